The molecule has 3 aromatic rings. The van der Waals surface area contributed by atoms with Gasteiger partial charge < -0.3 is 10.3 Å². The van der Waals surface area contributed by atoms with Gasteiger partial charge in [-0.1, -0.05) is 12.1 Å². The first kappa shape index (κ1) is 12.2. The van der Waals surface area contributed by atoms with E-state index >= 15 is 0 Å². The Balaban J connectivity index is 2.38. The topological polar surface area (TPSA) is 43.8 Å². The first-order valence-electron chi connectivity index (χ1n) is 6.28. The van der Waals surface area contributed by atoms with Crippen LogP contribution in [-0.4, -0.2) is 9.55 Å². The molecule has 1 aromatic carbocycles. The number of nitrogens with two attached hydrogens (primary N) is 1. The van der Waals surface area contributed by atoms with Crippen LogP contribution in [0, 0.1) is 20.8 Å². The minimum atomic E-state index is 0.853. The van der Waals surface area contributed by atoms with Crippen molar-refractivity contribution >= 4 is 27.4 Å². The SMILES string of the molecule is Cc1sc(N)c(-c2nc3cccc(C)c3n2C)c1C. The van der Waals surface area contributed by atoms with E-state index in [0.717, 1.165) is 21.9 Å². The predicted octanol–water partition coefficient (Wildman–Crippen LogP) is 3.81. The molecule has 0 fully saturated rings. The molecule has 2 N–H and O–H groups in total. The molecule has 2 heterocycles. The Morgan fingerprint density at radius 1 is 1.21 bits per heavy atom. The Hall–Kier alpha value is -1.81. The number of aryl methyl sites for hydroxylation is 3. The third kappa shape index (κ3) is 1.67. The van der Waals surface area contributed by atoms with Crippen LogP contribution < -0.4 is 5.73 Å². The number of fused-ring (bicyclic) bond motifs is 1. The fraction of sp³-hybridized carbons (Fsp3) is 0.267. The number of thiophene rings is 1. The van der Waals surface area contributed by atoms with Crippen molar-refractivity contribution in [1.82, 2.24) is 9.55 Å². The zero-order chi connectivity index (χ0) is 13.7. The zero-order valence-corrected chi connectivity index (χ0v) is 12.4. The van der Waals surface area contributed by atoms with Crippen LogP contribution in [0.25, 0.3) is 22.4 Å². The normalized spacial score (nSPS) is 11.4. The number of hydrogen-bond donors (Lipinski definition) is 1. The number of para-hydroxylation sites is 1. The molecule has 0 spiro atoms. The van der Waals surface area contributed by atoms with Crippen LogP contribution in [0.3, 0.4) is 0 Å². The van der Waals surface area contributed by atoms with E-state index in [1.165, 1.54) is 21.5 Å². The number of nitrogens with zero attached hydrogens (tertiary/aromatic N) is 2. The van der Waals surface area contributed by atoms with Crippen molar-refractivity contribution in [3.63, 3.8) is 0 Å². The van der Waals surface area contributed by atoms with E-state index in [2.05, 4.69) is 44.5 Å². The van der Waals surface area contributed by atoms with Crippen molar-refractivity contribution in [2.75, 3.05) is 5.73 Å². The summed E-state index contributed by atoms with van der Waals surface area (Å²) in [5.74, 6) is 0.962. The summed E-state index contributed by atoms with van der Waals surface area (Å²) in [5.41, 5.74) is 11.9. The maximum absolute atomic E-state index is 6.17. The van der Waals surface area contributed by atoms with Crippen molar-refractivity contribution in [3.05, 3.63) is 34.2 Å². The lowest BCUT2D eigenvalue weighted by Crippen LogP contribution is -1.96. The van der Waals surface area contributed by atoms with Crippen LogP contribution >= 0.6 is 11.3 Å². The summed E-state index contributed by atoms with van der Waals surface area (Å²) < 4.78 is 2.15. The highest BCUT2D eigenvalue weighted by atomic mass is 32.1. The third-order valence-electron chi connectivity index (χ3n) is 3.73. The Kier molecular flexibility index (Phi) is 2.64. The predicted molar refractivity (Wildman–Crippen MR) is 82.7 cm³/mol. The number of imidazole rings is 1. The van der Waals surface area contributed by atoms with E-state index in [0.29, 0.717) is 0 Å². The Morgan fingerprint density at radius 2 is 1.95 bits per heavy atom. The number of hydrogen-bond acceptors (Lipinski definition) is 3. The van der Waals surface area contributed by atoms with Crippen LogP contribution in [0.5, 0.6) is 0 Å². The van der Waals surface area contributed by atoms with E-state index in [1.54, 1.807) is 11.3 Å². The van der Waals surface area contributed by atoms with Crippen molar-refractivity contribution in [1.29, 1.82) is 0 Å². The van der Waals surface area contributed by atoms with Crippen LogP contribution in [0.2, 0.25) is 0 Å². The van der Waals surface area contributed by atoms with Gasteiger partial charge in [0.15, 0.2) is 0 Å². The molecule has 0 bridgehead atoms. The summed E-state index contributed by atoms with van der Waals surface area (Å²) in [4.78, 5) is 6.03. The molecule has 3 nitrogen and oxygen atoms in total. The largest absolute Gasteiger partial charge is 0.390 e. The molecule has 98 valence electrons. The molecule has 0 atom stereocenters. The smallest absolute Gasteiger partial charge is 0.144 e. The van der Waals surface area contributed by atoms with Gasteiger partial charge in [0.25, 0.3) is 0 Å². The van der Waals surface area contributed by atoms with E-state index in [4.69, 9.17) is 10.7 Å². The molecular formula is C15H17N3S. The maximum Gasteiger partial charge on any atom is 0.144 e. The number of nitrogen functional groups attached to an aromatic ring is 1. The highest BCUT2D eigenvalue weighted by molar-refractivity contribution is 7.16. The van der Waals surface area contributed by atoms with Gasteiger partial charge >= 0.3 is 0 Å². The van der Waals surface area contributed by atoms with Gasteiger partial charge in [-0.2, -0.15) is 0 Å². The van der Waals surface area contributed by atoms with Crippen LogP contribution in [0.15, 0.2) is 18.2 Å². The number of anilines is 1. The highest BCUT2D eigenvalue weighted by Crippen LogP contribution is 2.38. The molecule has 0 saturated carbocycles. The molecule has 0 aliphatic rings. The van der Waals surface area contributed by atoms with Gasteiger partial charge in [0.05, 0.1) is 21.6 Å². The molecule has 0 aliphatic heterocycles. The molecule has 0 unspecified atom stereocenters. The second kappa shape index (κ2) is 4.10. The Labute approximate surface area is 116 Å². The zero-order valence-electron chi connectivity index (χ0n) is 11.6. The summed E-state index contributed by atoms with van der Waals surface area (Å²) >= 11 is 1.64. The van der Waals surface area contributed by atoms with E-state index in [1.807, 2.05) is 6.07 Å². The molecular weight excluding hydrogens is 254 g/mol. The summed E-state index contributed by atoms with van der Waals surface area (Å²) in [7, 11) is 2.06. The van der Waals surface area contributed by atoms with E-state index in [-0.39, 0.29) is 0 Å². The van der Waals surface area contributed by atoms with Crippen molar-refractivity contribution in [3.8, 4) is 11.4 Å². The molecule has 0 aliphatic carbocycles. The summed E-state index contributed by atoms with van der Waals surface area (Å²) in [6, 6.07) is 6.21. The second-order valence-corrected chi connectivity index (χ2v) is 6.22. The number of rotatable bonds is 1. The molecule has 19 heavy (non-hydrogen) atoms. The van der Waals surface area contributed by atoms with Gasteiger partial charge in [-0.25, -0.2) is 4.98 Å². The molecule has 2 aromatic heterocycles. The van der Waals surface area contributed by atoms with Crippen LogP contribution in [0.4, 0.5) is 5.00 Å². The minimum Gasteiger partial charge on any atom is -0.390 e. The molecule has 0 radical (unpaired) electrons. The minimum absolute atomic E-state index is 0.853. The van der Waals surface area contributed by atoms with Gasteiger partial charge in [-0.05, 0) is 38.0 Å². The lowest BCUT2D eigenvalue weighted by atomic mass is 10.1. The Morgan fingerprint density at radius 3 is 2.53 bits per heavy atom. The standard InChI is InChI=1S/C15H17N3S/c1-8-6-5-7-11-13(8)18(4)15(17-11)12-9(2)10(3)19-14(12)16/h5-7H,16H2,1-4H3. The second-order valence-electron chi connectivity index (χ2n) is 4.96. The highest BCUT2D eigenvalue weighted by Gasteiger charge is 2.18. The average molecular weight is 271 g/mol. The number of aromatic nitrogens is 2. The van der Waals surface area contributed by atoms with E-state index < -0.39 is 0 Å². The first-order chi connectivity index (χ1) is 9.00. The van der Waals surface area contributed by atoms with E-state index in [9.17, 15) is 0 Å². The monoisotopic (exact) mass is 271 g/mol. The maximum atomic E-state index is 6.17. The molecule has 0 saturated heterocycles. The van der Waals surface area contributed by atoms with Crippen LogP contribution in [-0.2, 0) is 7.05 Å². The van der Waals surface area contributed by atoms with Crippen LogP contribution in [0.1, 0.15) is 16.0 Å². The average Bonchev–Trinajstić information content (AvgIpc) is 2.79. The van der Waals surface area contributed by atoms with Gasteiger partial charge in [-0.3, -0.25) is 0 Å². The van der Waals surface area contributed by atoms with Crippen molar-refractivity contribution in [2.24, 2.45) is 7.05 Å². The Bertz CT molecular complexity index is 780. The van der Waals surface area contributed by atoms with Crippen molar-refractivity contribution in [2.45, 2.75) is 20.8 Å². The quantitative estimate of drug-likeness (QED) is 0.731. The fourth-order valence-corrected chi connectivity index (χ4v) is 3.55. The molecule has 3 rings (SSSR count). The lowest BCUT2D eigenvalue weighted by molar-refractivity contribution is 0.955. The molecule has 0 amide bonds. The van der Waals surface area contributed by atoms with Gasteiger partial charge in [-0.15, -0.1) is 11.3 Å². The van der Waals surface area contributed by atoms with Gasteiger partial charge in [0.2, 0.25) is 0 Å². The third-order valence-corrected chi connectivity index (χ3v) is 4.77. The summed E-state index contributed by atoms with van der Waals surface area (Å²) in [5, 5.41) is 0.853. The number of benzene rings is 1. The first-order valence-corrected chi connectivity index (χ1v) is 7.10. The molecule has 4 heteroatoms. The van der Waals surface area contributed by atoms with Gasteiger partial charge in [0, 0.05) is 11.9 Å². The fourth-order valence-electron chi connectivity index (χ4n) is 2.62. The summed E-state index contributed by atoms with van der Waals surface area (Å²) in [6.45, 7) is 6.33. The van der Waals surface area contributed by atoms with Crippen molar-refractivity contribution < 1.29 is 0 Å². The lowest BCUT2D eigenvalue weighted by Gasteiger charge is -2.05. The van der Waals surface area contributed by atoms with Gasteiger partial charge in [0.1, 0.15) is 5.82 Å². The summed E-state index contributed by atoms with van der Waals surface area (Å²) in [6.07, 6.45) is 0.